The molecule has 4 nitrogen and oxygen atoms in total. The predicted octanol–water partition coefficient (Wildman–Crippen LogP) is 3.69. The Bertz CT molecular complexity index is 693. The van der Waals surface area contributed by atoms with Crippen LogP contribution in [0.4, 0.5) is 5.69 Å². The monoisotopic (exact) mass is 312 g/mol. The molecule has 2 aromatic rings. The van der Waals surface area contributed by atoms with E-state index in [0.717, 1.165) is 4.90 Å². The fourth-order valence-electron chi connectivity index (χ4n) is 1.82. The molecule has 5 heteroatoms. The number of thioether (sulfide) groups is 1. The molecule has 2 aromatic carbocycles. The third kappa shape index (κ3) is 4.27. The van der Waals surface area contributed by atoms with E-state index in [2.05, 4.69) is 5.32 Å². The first-order valence-electron chi connectivity index (χ1n) is 6.74. The van der Waals surface area contributed by atoms with E-state index in [9.17, 15) is 4.79 Å². The first kappa shape index (κ1) is 15.9. The van der Waals surface area contributed by atoms with E-state index in [-0.39, 0.29) is 5.91 Å². The first-order valence-corrected chi connectivity index (χ1v) is 7.96. The van der Waals surface area contributed by atoms with E-state index in [0.29, 0.717) is 17.0 Å². The fraction of sp³-hybridized carbons (Fsp3) is 0.176. The summed E-state index contributed by atoms with van der Waals surface area (Å²) in [7, 11) is 0. The Morgan fingerprint density at radius 1 is 1.27 bits per heavy atom. The minimum Gasteiger partial charge on any atom is -0.481 e. The molecule has 0 aromatic heterocycles. The van der Waals surface area contributed by atoms with Crippen molar-refractivity contribution in [1.82, 2.24) is 0 Å². The van der Waals surface area contributed by atoms with Crippen molar-refractivity contribution >= 4 is 23.4 Å². The van der Waals surface area contributed by atoms with Gasteiger partial charge in [0, 0.05) is 10.6 Å². The van der Waals surface area contributed by atoms with Crippen LogP contribution in [0.5, 0.6) is 5.75 Å². The van der Waals surface area contributed by atoms with Gasteiger partial charge in [-0.15, -0.1) is 11.8 Å². The average molecular weight is 312 g/mol. The van der Waals surface area contributed by atoms with E-state index >= 15 is 0 Å². The number of amides is 1. The van der Waals surface area contributed by atoms with Crippen molar-refractivity contribution < 1.29 is 9.53 Å². The first-order chi connectivity index (χ1) is 10.6. The Hall–Kier alpha value is -2.45. The summed E-state index contributed by atoms with van der Waals surface area (Å²) in [5.41, 5.74) is 1.08. The lowest BCUT2D eigenvalue weighted by Gasteiger charge is -2.15. The van der Waals surface area contributed by atoms with Crippen LogP contribution in [-0.4, -0.2) is 18.3 Å². The zero-order valence-electron chi connectivity index (χ0n) is 12.4. The molecule has 112 valence electrons. The molecule has 1 atom stereocenters. The van der Waals surface area contributed by atoms with Gasteiger partial charge in [0.15, 0.2) is 6.10 Å². The van der Waals surface area contributed by atoms with Crippen molar-refractivity contribution in [3.05, 3.63) is 54.1 Å². The minimum atomic E-state index is -0.633. The van der Waals surface area contributed by atoms with Gasteiger partial charge in [-0.1, -0.05) is 6.07 Å². The third-order valence-electron chi connectivity index (χ3n) is 3.00. The maximum Gasteiger partial charge on any atom is 0.265 e. The number of ether oxygens (including phenoxy) is 1. The van der Waals surface area contributed by atoms with Crippen molar-refractivity contribution in [2.24, 2.45) is 0 Å². The lowest BCUT2D eigenvalue weighted by atomic mass is 10.2. The van der Waals surface area contributed by atoms with Crippen molar-refractivity contribution in [2.45, 2.75) is 17.9 Å². The Morgan fingerprint density at radius 2 is 2.00 bits per heavy atom. The van der Waals surface area contributed by atoms with Gasteiger partial charge in [-0.3, -0.25) is 4.79 Å². The summed E-state index contributed by atoms with van der Waals surface area (Å²) in [5, 5.41) is 11.6. The van der Waals surface area contributed by atoms with Gasteiger partial charge >= 0.3 is 0 Å². The van der Waals surface area contributed by atoms with Gasteiger partial charge in [-0.25, -0.2) is 0 Å². The number of rotatable bonds is 5. The molecule has 1 N–H and O–H groups in total. The molecule has 0 aliphatic heterocycles. The van der Waals surface area contributed by atoms with E-state index < -0.39 is 6.10 Å². The highest BCUT2D eigenvalue weighted by atomic mass is 32.2. The molecule has 0 spiro atoms. The predicted molar refractivity (Wildman–Crippen MR) is 88.1 cm³/mol. The number of anilines is 1. The maximum atomic E-state index is 12.1. The second kappa shape index (κ2) is 7.53. The molecular weight excluding hydrogens is 296 g/mol. The van der Waals surface area contributed by atoms with Gasteiger partial charge < -0.3 is 10.1 Å². The quantitative estimate of drug-likeness (QED) is 0.855. The second-order valence-electron chi connectivity index (χ2n) is 4.62. The molecule has 1 amide bonds. The van der Waals surface area contributed by atoms with E-state index in [1.54, 1.807) is 43.0 Å². The zero-order valence-corrected chi connectivity index (χ0v) is 13.2. The topological polar surface area (TPSA) is 62.1 Å². The third-order valence-corrected chi connectivity index (χ3v) is 3.74. The number of nitrogens with zero attached hydrogens (tertiary/aromatic N) is 1. The average Bonchev–Trinajstić information content (AvgIpc) is 2.55. The fourth-order valence-corrected chi connectivity index (χ4v) is 2.23. The molecule has 0 heterocycles. The Morgan fingerprint density at radius 3 is 2.64 bits per heavy atom. The van der Waals surface area contributed by atoms with Gasteiger partial charge in [0.25, 0.3) is 5.91 Å². The summed E-state index contributed by atoms with van der Waals surface area (Å²) in [6.07, 6.45) is 1.37. The normalized spacial score (nSPS) is 11.3. The molecule has 0 unspecified atom stereocenters. The lowest BCUT2D eigenvalue weighted by Crippen LogP contribution is -2.30. The molecule has 2 rings (SSSR count). The Balaban J connectivity index is 1.97. The standard InChI is InChI=1S/C17H16N2O2S/c1-12(21-15-6-8-16(22-2)9-7-15)17(20)19-14-5-3-4-13(10-14)11-18/h3-10,12H,1-2H3,(H,19,20)/t12-/m0/s1. The van der Waals surface area contributed by atoms with Crippen LogP contribution in [0.2, 0.25) is 0 Å². The summed E-state index contributed by atoms with van der Waals surface area (Å²) in [6, 6.07) is 16.4. The summed E-state index contributed by atoms with van der Waals surface area (Å²) in [5.74, 6) is 0.384. The SMILES string of the molecule is CSc1ccc(O[C@@H](C)C(=O)Nc2cccc(C#N)c2)cc1. The number of hydrogen-bond acceptors (Lipinski definition) is 4. The summed E-state index contributed by atoms with van der Waals surface area (Å²) < 4.78 is 5.62. The van der Waals surface area contributed by atoms with E-state index in [1.807, 2.05) is 36.6 Å². The van der Waals surface area contributed by atoms with Crippen molar-refractivity contribution in [3.63, 3.8) is 0 Å². The molecule has 0 saturated carbocycles. The second-order valence-corrected chi connectivity index (χ2v) is 5.50. The maximum absolute atomic E-state index is 12.1. The van der Waals surface area contributed by atoms with Crippen LogP contribution < -0.4 is 10.1 Å². The molecular formula is C17H16N2O2S. The lowest BCUT2D eigenvalue weighted by molar-refractivity contribution is -0.122. The van der Waals surface area contributed by atoms with Gasteiger partial charge in [0.05, 0.1) is 11.6 Å². The number of nitrogens with one attached hydrogen (secondary N) is 1. The number of carbonyl (C=O) groups is 1. The van der Waals surface area contributed by atoms with Gasteiger partial charge in [0.2, 0.25) is 0 Å². The van der Waals surface area contributed by atoms with Crippen LogP contribution in [0, 0.1) is 11.3 Å². The number of carbonyl (C=O) groups excluding carboxylic acids is 1. The van der Waals surface area contributed by atoms with E-state index in [4.69, 9.17) is 10.00 Å². The number of hydrogen-bond donors (Lipinski definition) is 1. The molecule has 0 aliphatic carbocycles. The summed E-state index contributed by atoms with van der Waals surface area (Å²) >= 11 is 1.65. The van der Waals surface area contributed by atoms with Crippen molar-refractivity contribution in [3.8, 4) is 11.8 Å². The molecule has 0 bridgehead atoms. The largest absolute Gasteiger partial charge is 0.481 e. The molecule has 0 saturated heterocycles. The van der Waals surface area contributed by atoms with Gasteiger partial charge in [-0.05, 0) is 55.6 Å². The zero-order chi connectivity index (χ0) is 15.9. The minimum absolute atomic E-state index is 0.260. The Kier molecular flexibility index (Phi) is 5.45. The van der Waals surface area contributed by atoms with Gasteiger partial charge in [-0.2, -0.15) is 5.26 Å². The van der Waals surface area contributed by atoms with Crippen LogP contribution in [0.25, 0.3) is 0 Å². The van der Waals surface area contributed by atoms with Crippen LogP contribution in [-0.2, 0) is 4.79 Å². The van der Waals surface area contributed by atoms with Crippen LogP contribution >= 0.6 is 11.8 Å². The van der Waals surface area contributed by atoms with Crippen LogP contribution in [0.1, 0.15) is 12.5 Å². The highest BCUT2D eigenvalue weighted by Gasteiger charge is 2.15. The van der Waals surface area contributed by atoms with Crippen LogP contribution in [0.15, 0.2) is 53.4 Å². The van der Waals surface area contributed by atoms with Crippen LogP contribution in [0.3, 0.4) is 0 Å². The molecule has 0 radical (unpaired) electrons. The van der Waals surface area contributed by atoms with E-state index in [1.165, 1.54) is 0 Å². The smallest absolute Gasteiger partial charge is 0.265 e. The van der Waals surface area contributed by atoms with Crippen molar-refractivity contribution in [1.29, 1.82) is 5.26 Å². The molecule has 22 heavy (non-hydrogen) atoms. The number of benzene rings is 2. The molecule has 0 fully saturated rings. The highest BCUT2D eigenvalue weighted by Crippen LogP contribution is 2.20. The van der Waals surface area contributed by atoms with Gasteiger partial charge in [0.1, 0.15) is 5.75 Å². The summed E-state index contributed by atoms with van der Waals surface area (Å²) in [4.78, 5) is 13.3. The van der Waals surface area contributed by atoms with Crippen molar-refractivity contribution in [2.75, 3.05) is 11.6 Å². The Labute approximate surface area is 134 Å². The highest BCUT2D eigenvalue weighted by molar-refractivity contribution is 7.98. The molecule has 0 aliphatic rings. The summed E-state index contributed by atoms with van der Waals surface area (Å²) in [6.45, 7) is 1.69. The number of nitriles is 1.